The van der Waals surface area contributed by atoms with Crippen LogP contribution in [0.5, 0.6) is 0 Å². The summed E-state index contributed by atoms with van der Waals surface area (Å²) in [5.74, 6) is 0.154. The number of benzene rings is 1. The Kier molecular flexibility index (Phi) is 4.66. The van der Waals surface area contributed by atoms with Gasteiger partial charge in [-0.1, -0.05) is 39.0 Å². The number of ether oxygens (including phenoxy) is 1. The van der Waals surface area contributed by atoms with Crippen LogP contribution in [0, 0.1) is 18.8 Å². The molecule has 0 radical (unpaired) electrons. The number of esters is 1. The van der Waals surface area contributed by atoms with Gasteiger partial charge in [0.05, 0.1) is 5.92 Å². The summed E-state index contributed by atoms with van der Waals surface area (Å²) in [5.41, 5.74) is 2.93. The summed E-state index contributed by atoms with van der Waals surface area (Å²) in [6, 6.07) is 5.94. The Hall–Kier alpha value is -1.84. The van der Waals surface area contributed by atoms with E-state index in [1.807, 2.05) is 32.0 Å². The minimum atomic E-state index is -0.284. The van der Waals surface area contributed by atoms with Crippen LogP contribution in [0.2, 0.25) is 0 Å². The molecule has 114 valence electrons. The highest BCUT2D eigenvalue weighted by atomic mass is 16.5. The number of hydrogen-bond acceptors (Lipinski definition) is 3. The van der Waals surface area contributed by atoms with E-state index in [9.17, 15) is 9.59 Å². The fourth-order valence-corrected chi connectivity index (χ4v) is 2.41. The van der Waals surface area contributed by atoms with Crippen molar-refractivity contribution in [3.05, 3.63) is 29.3 Å². The molecule has 1 saturated carbocycles. The van der Waals surface area contributed by atoms with Crippen LogP contribution in [0.3, 0.4) is 0 Å². The van der Waals surface area contributed by atoms with E-state index < -0.39 is 0 Å². The zero-order chi connectivity index (χ0) is 15.6. The molecule has 1 aromatic rings. The summed E-state index contributed by atoms with van der Waals surface area (Å²) in [7, 11) is 0. The Morgan fingerprint density at radius 2 is 2.05 bits per heavy atom. The molecule has 0 aromatic heterocycles. The quantitative estimate of drug-likeness (QED) is 0.846. The first-order valence-electron chi connectivity index (χ1n) is 7.46. The van der Waals surface area contributed by atoms with Gasteiger partial charge in [-0.05, 0) is 36.3 Å². The molecular formula is C17H23NO3. The molecule has 1 amide bonds. The van der Waals surface area contributed by atoms with Gasteiger partial charge in [-0.15, -0.1) is 0 Å². The average molecular weight is 289 g/mol. The second-order valence-corrected chi connectivity index (χ2v) is 6.17. The zero-order valence-electron chi connectivity index (χ0n) is 13.1. The molecule has 4 nitrogen and oxygen atoms in total. The molecule has 1 aliphatic rings. The van der Waals surface area contributed by atoms with Crippen LogP contribution in [0.4, 0.5) is 5.69 Å². The molecule has 0 unspecified atom stereocenters. The smallest absolute Gasteiger partial charge is 0.309 e. The lowest BCUT2D eigenvalue weighted by molar-refractivity contribution is -0.148. The van der Waals surface area contributed by atoms with Crippen LogP contribution in [-0.4, -0.2) is 18.5 Å². The summed E-state index contributed by atoms with van der Waals surface area (Å²) in [6.45, 7) is 7.92. The first-order chi connectivity index (χ1) is 9.90. The predicted molar refractivity (Wildman–Crippen MR) is 82.1 cm³/mol. The third-order valence-corrected chi connectivity index (χ3v) is 3.95. The Balaban J connectivity index is 1.95. The molecule has 2 rings (SSSR count). The lowest BCUT2D eigenvalue weighted by Crippen LogP contribution is -2.23. The third-order valence-electron chi connectivity index (χ3n) is 3.95. The van der Waals surface area contributed by atoms with E-state index in [1.54, 1.807) is 0 Å². The minimum absolute atomic E-state index is 0.0116. The molecule has 1 fully saturated rings. The normalized spacial score (nSPS) is 20.2. The monoisotopic (exact) mass is 289 g/mol. The molecule has 2 atom stereocenters. The summed E-state index contributed by atoms with van der Waals surface area (Å²) >= 11 is 0. The fourth-order valence-electron chi connectivity index (χ4n) is 2.41. The van der Waals surface area contributed by atoms with Crippen LogP contribution in [0.1, 0.15) is 44.2 Å². The largest absolute Gasteiger partial charge is 0.455 e. The number of para-hydroxylation sites is 1. The number of carbonyl (C=O) groups excluding carboxylic acids is 2. The first-order valence-corrected chi connectivity index (χ1v) is 7.46. The maximum atomic E-state index is 12.0. The molecule has 0 spiro atoms. The van der Waals surface area contributed by atoms with E-state index >= 15 is 0 Å². The van der Waals surface area contributed by atoms with Gasteiger partial charge < -0.3 is 10.1 Å². The highest BCUT2D eigenvalue weighted by Crippen LogP contribution is 2.38. The number of carbonyl (C=O) groups is 2. The number of aryl methyl sites for hydroxylation is 1. The highest BCUT2D eigenvalue weighted by molar-refractivity contribution is 5.94. The van der Waals surface area contributed by atoms with Gasteiger partial charge in [0.15, 0.2) is 6.61 Å². The summed E-state index contributed by atoms with van der Waals surface area (Å²) < 4.78 is 5.06. The molecule has 21 heavy (non-hydrogen) atoms. The van der Waals surface area contributed by atoms with Crippen molar-refractivity contribution in [2.75, 3.05) is 11.9 Å². The Morgan fingerprint density at radius 1 is 1.38 bits per heavy atom. The van der Waals surface area contributed by atoms with Crippen molar-refractivity contribution in [3.63, 3.8) is 0 Å². The molecule has 0 heterocycles. The molecule has 0 aliphatic heterocycles. The molecular weight excluding hydrogens is 266 g/mol. The number of nitrogens with one attached hydrogen (secondary N) is 1. The van der Waals surface area contributed by atoms with Gasteiger partial charge in [0.2, 0.25) is 0 Å². The fraction of sp³-hybridized carbons (Fsp3) is 0.529. The van der Waals surface area contributed by atoms with Gasteiger partial charge >= 0.3 is 5.97 Å². The number of rotatable bonds is 5. The molecule has 4 heteroatoms. The van der Waals surface area contributed by atoms with E-state index in [1.165, 1.54) is 0 Å². The SMILES string of the molecule is Cc1cccc(C(C)C)c1NC(=O)COC(=O)[C@@H]1C[C@@H]1C. The van der Waals surface area contributed by atoms with Crippen molar-refractivity contribution < 1.29 is 14.3 Å². The van der Waals surface area contributed by atoms with Crippen LogP contribution in [0.25, 0.3) is 0 Å². The number of hydrogen-bond donors (Lipinski definition) is 1. The van der Waals surface area contributed by atoms with Gasteiger partial charge in [-0.3, -0.25) is 9.59 Å². The van der Waals surface area contributed by atoms with Gasteiger partial charge in [-0.2, -0.15) is 0 Å². The maximum absolute atomic E-state index is 12.0. The molecule has 1 N–H and O–H groups in total. The van der Waals surface area contributed by atoms with Crippen molar-refractivity contribution in [3.8, 4) is 0 Å². The van der Waals surface area contributed by atoms with Crippen molar-refractivity contribution in [2.24, 2.45) is 11.8 Å². The Bertz CT molecular complexity index is 551. The van der Waals surface area contributed by atoms with Crippen LogP contribution < -0.4 is 5.32 Å². The molecule has 1 aliphatic carbocycles. The lowest BCUT2D eigenvalue weighted by atomic mass is 9.98. The lowest BCUT2D eigenvalue weighted by Gasteiger charge is -2.16. The average Bonchev–Trinajstić information content (AvgIpc) is 3.15. The van der Waals surface area contributed by atoms with Crippen LogP contribution in [-0.2, 0) is 14.3 Å². The maximum Gasteiger partial charge on any atom is 0.309 e. The third kappa shape index (κ3) is 3.84. The highest BCUT2D eigenvalue weighted by Gasteiger charge is 2.40. The van der Waals surface area contributed by atoms with Crippen molar-refractivity contribution in [2.45, 2.75) is 40.0 Å². The summed E-state index contributed by atoms with van der Waals surface area (Å²) in [4.78, 5) is 23.6. The molecule has 0 saturated heterocycles. The van der Waals surface area contributed by atoms with E-state index in [-0.39, 0.29) is 24.4 Å². The van der Waals surface area contributed by atoms with Crippen LogP contribution in [0.15, 0.2) is 18.2 Å². The number of amides is 1. The van der Waals surface area contributed by atoms with Crippen molar-refractivity contribution in [1.82, 2.24) is 0 Å². The topological polar surface area (TPSA) is 55.4 Å². The first kappa shape index (κ1) is 15.5. The Labute approximate surface area is 125 Å². The second-order valence-electron chi connectivity index (χ2n) is 6.17. The summed E-state index contributed by atoms with van der Waals surface area (Å²) in [6.07, 6.45) is 0.871. The minimum Gasteiger partial charge on any atom is -0.455 e. The van der Waals surface area contributed by atoms with E-state index in [2.05, 4.69) is 19.2 Å². The van der Waals surface area contributed by atoms with Gasteiger partial charge in [0.25, 0.3) is 5.91 Å². The van der Waals surface area contributed by atoms with Crippen molar-refractivity contribution in [1.29, 1.82) is 0 Å². The standard InChI is InChI=1S/C17H23NO3/c1-10(2)13-7-5-6-11(3)16(13)18-15(19)9-21-17(20)14-8-12(14)4/h5-7,10,12,14H,8-9H2,1-4H3,(H,18,19)/t12-,14+/m0/s1. The Morgan fingerprint density at radius 3 is 2.62 bits per heavy atom. The zero-order valence-corrected chi connectivity index (χ0v) is 13.1. The number of anilines is 1. The van der Waals surface area contributed by atoms with Gasteiger partial charge in [0, 0.05) is 5.69 Å². The summed E-state index contributed by atoms with van der Waals surface area (Å²) in [5, 5.41) is 2.87. The van der Waals surface area contributed by atoms with E-state index in [0.29, 0.717) is 11.8 Å². The van der Waals surface area contributed by atoms with Crippen LogP contribution >= 0.6 is 0 Å². The molecule has 1 aromatic carbocycles. The van der Waals surface area contributed by atoms with Gasteiger partial charge in [0.1, 0.15) is 0 Å². The molecule has 0 bridgehead atoms. The van der Waals surface area contributed by atoms with E-state index in [0.717, 1.165) is 23.2 Å². The van der Waals surface area contributed by atoms with E-state index in [4.69, 9.17) is 4.74 Å². The predicted octanol–water partition coefficient (Wildman–Crippen LogP) is 3.26. The van der Waals surface area contributed by atoms with Gasteiger partial charge in [-0.25, -0.2) is 0 Å². The van der Waals surface area contributed by atoms with Crippen molar-refractivity contribution >= 4 is 17.6 Å². The second kappa shape index (κ2) is 6.29.